The fourth-order valence-corrected chi connectivity index (χ4v) is 1.77. The van der Waals surface area contributed by atoms with Crippen molar-refractivity contribution in [1.82, 2.24) is 10.2 Å². The van der Waals surface area contributed by atoms with Crippen LogP contribution < -0.4 is 5.32 Å². The zero-order chi connectivity index (χ0) is 13.9. The van der Waals surface area contributed by atoms with Gasteiger partial charge in [0.2, 0.25) is 0 Å². The summed E-state index contributed by atoms with van der Waals surface area (Å²) in [6.45, 7) is 6.40. The van der Waals surface area contributed by atoms with Crippen molar-refractivity contribution in [3.8, 4) is 0 Å². The molecule has 3 unspecified atom stereocenters. The molecule has 104 valence electrons. The Labute approximate surface area is 107 Å². The molecule has 6 nitrogen and oxygen atoms in total. The van der Waals surface area contributed by atoms with Gasteiger partial charge >= 0.3 is 12.0 Å². The first-order valence-electron chi connectivity index (χ1n) is 6.18. The van der Waals surface area contributed by atoms with Gasteiger partial charge in [-0.25, -0.2) is 4.79 Å². The summed E-state index contributed by atoms with van der Waals surface area (Å²) in [6.07, 6.45) is 0. The fourth-order valence-electron chi connectivity index (χ4n) is 1.77. The number of carboxylic acid groups (broad SMARTS) is 1. The van der Waals surface area contributed by atoms with Crippen molar-refractivity contribution in [1.29, 1.82) is 0 Å². The smallest absolute Gasteiger partial charge is 0.317 e. The maximum atomic E-state index is 12.0. The lowest BCUT2D eigenvalue weighted by atomic mass is 10.0. The van der Waals surface area contributed by atoms with Crippen LogP contribution in [0.3, 0.4) is 0 Å². The molecule has 1 aliphatic rings. The Morgan fingerprint density at radius 2 is 1.94 bits per heavy atom. The number of amides is 2. The van der Waals surface area contributed by atoms with Crippen LogP contribution in [-0.4, -0.2) is 54.4 Å². The summed E-state index contributed by atoms with van der Waals surface area (Å²) >= 11 is 0. The van der Waals surface area contributed by atoms with Crippen LogP contribution in [0.4, 0.5) is 4.79 Å². The molecule has 0 saturated carbocycles. The molecule has 0 aromatic heterocycles. The summed E-state index contributed by atoms with van der Waals surface area (Å²) < 4.78 is 5.15. The predicted octanol–water partition coefficient (Wildman–Crippen LogP) is 0.772. The minimum atomic E-state index is -0.922. The van der Waals surface area contributed by atoms with Crippen LogP contribution in [0.15, 0.2) is 0 Å². The van der Waals surface area contributed by atoms with E-state index in [4.69, 9.17) is 9.84 Å². The van der Waals surface area contributed by atoms with E-state index in [9.17, 15) is 9.59 Å². The van der Waals surface area contributed by atoms with E-state index >= 15 is 0 Å². The largest absolute Gasteiger partial charge is 0.481 e. The van der Waals surface area contributed by atoms with Crippen molar-refractivity contribution in [2.24, 2.45) is 11.8 Å². The first kappa shape index (κ1) is 14.8. The Hall–Kier alpha value is -1.30. The number of carbonyl (C=O) groups is 2. The van der Waals surface area contributed by atoms with Gasteiger partial charge in [-0.3, -0.25) is 4.79 Å². The number of hydrogen-bond acceptors (Lipinski definition) is 3. The third-order valence-corrected chi connectivity index (χ3v) is 3.54. The van der Waals surface area contributed by atoms with Gasteiger partial charge < -0.3 is 20.1 Å². The Bertz CT molecular complexity index is 319. The van der Waals surface area contributed by atoms with Gasteiger partial charge in [0.1, 0.15) is 5.92 Å². The summed E-state index contributed by atoms with van der Waals surface area (Å²) in [5, 5.41) is 11.9. The highest BCUT2D eigenvalue weighted by atomic mass is 16.5. The summed E-state index contributed by atoms with van der Waals surface area (Å²) in [7, 11) is 1.61. The van der Waals surface area contributed by atoms with E-state index in [2.05, 4.69) is 5.32 Å². The second-order valence-electron chi connectivity index (χ2n) is 5.14. The molecule has 2 N–H and O–H groups in total. The molecule has 1 saturated heterocycles. The number of aliphatic carboxylic acids is 1. The lowest BCUT2D eigenvalue weighted by Gasteiger charge is -2.29. The first-order valence-corrected chi connectivity index (χ1v) is 6.18. The summed E-state index contributed by atoms with van der Waals surface area (Å²) in [5.74, 6) is -1.23. The van der Waals surface area contributed by atoms with E-state index in [1.165, 1.54) is 4.90 Å². The molecule has 0 bridgehead atoms. The Morgan fingerprint density at radius 3 is 2.44 bits per heavy atom. The summed E-state index contributed by atoms with van der Waals surface area (Å²) in [4.78, 5) is 24.4. The minimum Gasteiger partial charge on any atom is -0.481 e. The lowest BCUT2D eigenvalue weighted by molar-refractivity contribution is -0.142. The Balaban J connectivity index is 2.60. The molecule has 1 rings (SSSR count). The number of urea groups is 1. The van der Waals surface area contributed by atoms with Crippen molar-refractivity contribution in [3.63, 3.8) is 0 Å². The van der Waals surface area contributed by atoms with Gasteiger partial charge in [0.25, 0.3) is 0 Å². The van der Waals surface area contributed by atoms with Crippen LogP contribution in [0.1, 0.15) is 20.8 Å². The topological polar surface area (TPSA) is 78.9 Å². The molecule has 1 aliphatic heterocycles. The monoisotopic (exact) mass is 258 g/mol. The van der Waals surface area contributed by atoms with E-state index in [1.54, 1.807) is 7.05 Å². The van der Waals surface area contributed by atoms with Crippen molar-refractivity contribution in [3.05, 3.63) is 0 Å². The average Bonchev–Trinajstić information content (AvgIpc) is 2.76. The summed E-state index contributed by atoms with van der Waals surface area (Å²) in [6, 6.07) is -0.606. The second-order valence-corrected chi connectivity index (χ2v) is 5.14. The first-order chi connectivity index (χ1) is 8.34. The number of hydrogen-bond donors (Lipinski definition) is 2. The summed E-state index contributed by atoms with van der Waals surface area (Å²) in [5.41, 5.74) is 0. The Kier molecular flexibility index (Phi) is 4.95. The number of ether oxygens (including phenoxy) is 1. The standard InChI is InChI=1S/C12H22N2O4/c1-7(2)8(3)13-12(17)14(4)10-6-18-5-9(10)11(15)16/h7-10H,5-6H2,1-4H3,(H,13,17)(H,15,16). The van der Waals surface area contributed by atoms with E-state index in [-0.39, 0.29) is 25.3 Å². The van der Waals surface area contributed by atoms with E-state index < -0.39 is 17.9 Å². The van der Waals surface area contributed by atoms with Gasteiger partial charge in [0, 0.05) is 13.1 Å². The lowest BCUT2D eigenvalue weighted by Crippen LogP contribution is -2.51. The number of rotatable bonds is 4. The average molecular weight is 258 g/mol. The number of likely N-dealkylation sites (N-methyl/N-ethyl adjacent to an activating group) is 1. The van der Waals surface area contributed by atoms with Gasteiger partial charge in [-0.1, -0.05) is 13.8 Å². The van der Waals surface area contributed by atoms with Gasteiger partial charge in [-0.05, 0) is 12.8 Å². The van der Waals surface area contributed by atoms with Crippen LogP contribution in [0.2, 0.25) is 0 Å². The van der Waals surface area contributed by atoms with E-state index in [1.807, 2.05) is 20.8 Å². The second kappa shape index (κ2) is 6.04. The number of carboxylic acids is 1. The predicted molar refractivity (Wildman–Crippen MR) is 66.3 cm³/mol. The molecular weight excluding hydrogens is 236 g/mol. The zero-order valence-corrected chi connectivity index (χ0v) is 11.3. The molecule has 0 aromatic rings. The molecule has 1 fully saturated rings. The van der Waals surface area contributed by atoms with Gasteiger partial charge in [-0.2, -0.15) is 0 Å². The number of nitrogens with one attached hydrogen (secondary N) is 1. The minimum absolute atomic E-state index is 0.0468. The van der Waals surface area contributed by atoms with Crippen LogP contribution >= 0.6 is 0 Å². The zero-order valence-electron chi connectivity index (χ0n) is 11.3. The number of carbonyl (C=O) groups excluding carboxylic acids is 1. The third-order valence-electron chi connectivity index (χ3n) is 3.54. The molecule has 0 spiro atoms. The maximum Gasteiger partial charge on any atom is 0.317 e. The molecule has 0 aromatic carbocycles. The quantitative estimate of drug-likeness (QED) is 0.780. The van der Waals surface area contributed by atoms with Gasteiger partial charge in [0.05, 0.1) is 19.3 Å². The molecule has 2 amide bonds. The van der Waals surface area contributed by atoms with Gasteiger partial charge in [0.15, 0.2) is 0 Å². The van der Waals surface area contributed by atoms with Crippen molar-refractivity contribution in [2.45, 2.75) is 32.9 Å². The van der Waals surface area contributed by atoms with Crippen LogP contribution in [-0.2, 0) is 9.53 Å². The van der Waals surface area contributed by atoms with Crippen LogP contribution in [0.5, 0.6) is 0 Å². The molecule has 6 heteroatoms. The molecule has 0 aliphatic carbocycles. The maximum absolute atomic E-state index is 12.0. The van der Waals surface area contributed by atoms with E-state index in [0.29, 0.717) is 5.92 Å². The number of nitrogens with zero attached hydrogens (tertiary/aromatic N) is 1. The molecule has 1 heterocycles. The van der Waals surface area contributed by atoms with Crippen LogP contribution in [0.25, 0.3) is 0 Å². The third kappa shape index (κ3) is 3.35. The highest BCUT2D eigenvalue weighted by Gasteiger charge is 2.38. The van der Waals surface area contributed by atoms with Gasteiger partial charge in [-0.15, -0.1) is 0 Å². The molecule has 18 heavy (non-hydrogen) atoms. The normalized spacial score (nSPS) is 24.9. The highest BCUT2D eigenvalue weighted by Crippen LogP contribution is 2.19. The fraction of sp³-hybridized carbons (Fsp3) is 0.833. The SMILES string of the molecule is CC(C)C(C)NC(=O)N(C)C1COCC1C(=O)O. The molecular formula is C12H22N2O4. The Morgan fingerprint density at radius 1 is 1.33 bits per heavy atom. The molecule has 0 radical (unpaired) electrons. The van der Waals surface area contributed by atoms with Crippen molar-refractivity contribution in [2.75, 3.05) is 20.3 Å². The van der Waals surface area contributed by atoms with Crippen molar-refractivity contribution < 1.29 is 19.4 Å². The van der Waals surface area contributed by atoms with Crippen molar-refractivity contribution >= 4 is 12.0 Å². The molecule has 3 atom stereocenters. The van der Waals surface area contributed by atoms with E-state index in [0.717, 1.165) is 0 Å². The van der Waals surface area contributed by atoms with Crippen LogP contribution in [0, 0.1) is 11.8 Å². The highest BCUT2D eigenvalue weighted by molar-refractivity contribution is 5.77.